The Labute approximate surface area is 180 Å². The fraction of sp³-hybridized carbons (Fsp3) is 0.304. The highest BCUT2D eigenvalue weighted by Crippen LogP contribution is 2.33. The first-order chi connectivity index (χ1) is 15.1. The van der Waals surface area contributed by atoms with Crippen LogP contribution in [-0.2, 0) is 17.8 Å². The number of hydrogen-bond donors (Lipinski definition) is 1. The number of hydrogen-bond acceptors (Lipinski definition) is 7. The molecule has 8 heteroatoms. The molecule has 2 aliphatic rings. The van der Waals surface area contributed by atoms with Crippen molar-refractivity contribution in [2.45, 2.75) is 13.0 Å². The van der Waals surface area contributed by atoms with Crippen LogP contribution in [0.5, 0.6) is 5.88 Å². The second-order valence-electron chi connectivity index (χ2n) is 7.84. The Kier molecular flexibility index (Phi) is 4.89. The Morgan fingerprint density at radius 2 is 1.84 bits per heavy atom. The van der Waals surface area contributed by atoms with Crippen molar-refractivity contribution in [2.24, 2.45) is 0 Å². The summed E-state index contributed by atoms with van der Waals surface area (Å²) in [4.78, 5) is 31.7. The van der Waals surface area contributed by atoms with Gasteiger partial charge in [0, 0.05) is 49.7 Å². The minimum absolute atomic E-state index is 0.0224. The molecule has 0 radical (unpaired) electrons. The summed E-state index contributed by atoms with van der Waals surface area (Å²) in [6.45, 7) is 7.76. The Hall–Kier alpha value is -3.68. The number of rotatable bonds is 3. The van der Waals surface area contributed by atoms with E-state index in [1.54, 1.807) is 12.4 Å². The Morgan fingerprint density at radius 3 is 2.65 bits per heavy atom. The van der Waals surface area contributed by atoms with E-state index in [2.05, 4.69) is 31.3 Å². The molecule has 0 bridgehead atoms. The highest BCUT2D eigenvalue weighted by atomic mass is 16.3. The molecule has 0 aliphatic carbocycles. The molecule has 1 saturated heterocycles. The number of fused-ring (bicyclic) bond motifs is 2. The smallest absolute Gasteiger partial charge is 0.246 e. The number of benzene rings is 1. The van der Waals surface area contributed by atoms with Gasteiger partial charge in [-0.05, 0) is 17.9 Å². The number of carbonyl (C=O) groups excluding carboxylic acids is 1. The predicted molar refractivity (Wildman–Crippen MR) is 119 cm³/mol. The van der Waals surface area contributed by atoms with Gasteiger partial charge in [-0.25, -0.2) is 9.97 Å². The maximum atomic E-state index is 11.9. The van der Waals surface area contributed by atoms with Crippen molar-refractivity contribution in [3.8, 4) is 5.88 Å². The number of aromatic nitrogens is 3. The standard InChI is InChI=1S/C23H24N6O2/c1-2-21(31)27-9-11-28(12-10-27)22-18-7-8-29(14-19(18)24-15-25-22)23-17-6-4-3-5-16(17)13-20(30)26-23/h2-6,13,15H,1,7-12,14H2,(H,26,30). The van der Waals surface area contributed by atoms with Crippen molar-refractivity contribution < 1.29 is 9.90 Å². The van der Waals surface area contributed by atoms with Crippen molar-refractivity contribution in [3.05, 3.63) is 60.6 Å². The summed E-state index contributed by atoms with van der Waals surface area (Å²) >= 11 is 0. The summed E-state index contributed by atoms with van der Waals surface area (Å²) < 4.78 is 0. The van der Waals surface area contributed by atoms with E-state index in [4.69, 9.17) is 0 Å². The molecule has 0 atom stereocenters. The summed E-state index contributed by atoms with van der Waals surface area (Å²) in [5, 5.41) is 12.1. The third-order valence-corrected chi connectivity index (χ3v) is 6.06. The van der Waals surface area contributed by atoms with Crippen molar-refractivity contribution in [1.82, 2.24) is 19.9 Å². The van der Waals surface area contributed by atoms with E-state index < -0.39 is 0 Å². The molecule has 1 fully saturated rings. The van der Waals surface area contributed by atoms with Gasteiger partial charge in [0.2, 0.25) is 11.8 Å². The number of anilines is 2. The third kappa shape index (κ3) is 3.54. The van der Waals surface area contributed by atoms with Crippen molar-refractivity contribution >= 4 is 28.3 Å². The van der Waals surface area contributed by atoms with Crippen LogP contribution >= 0.6 is 0 Å². The molecule has 0 unspecified atom stereocenters. The molecule has 3 aromatic rings. The molecule has 2 aromatic heterocycles. The highest BCUT2D eigenvalue weighted by molar-refractivity contribution is 5.93. The maximum absolute atomic E-state index is 11.9. The van der Waals surface area contributed by atoms with Gasteiger partial charge < -0.3 is 19.8 Å². The van der Waals surface area contributed by atoms with Gasteiger partial charge in [-0.3, -0.25) is 4.79 Å². The van der Waals surface area contributed by atoms with Crippen LogP contribution in [0.1, 0.15) is 11.3 Å². The summed E-state index contributed by atoms with van der Waals surface area (Å²) in [5.41, 5.74) is 2.14. The van der Waals surface area contributed by atoms with Gasteiger partial charge in [0.25, 0.3) is 0 Å². The molecule has 4 heterocycles. The predicted octanol–water partition coefficient (Wildman–Crippen LogP) is 2.13. The van der Waals surface area contributed by atoms with E-state index in [9.17, 15) is 9.90 Å². The molecular formula is C23H24N6O2. The molecule has 0 spiro atoms. The second kappa shape index (κ2) is 7.86. The van der Waals surface area contributed by atoms with Gasteiger partial charge in [-0.1, -0.05) is 30.8 Å². The van der Waals surface area contributed by atoms with E-state index in [1.807, 2.05) is 29.2 Å². The topological polar surface area (TPSA) is 85.7 Å². The fourth-order valence-electron chi connectivity index (χ4n) is 4.47. The fourth-order valence-corrected chi connectivity index (χ4v) is 4.47. The average Bonchev–Trinajstić information content (AvgIpc) is 2.82. The monoisotopic (exact) mass is 416 g/mol. The van der Waals surface area contributed by atoms with Crippen molar-refractivity contribution in [3.63, 3.8) is 0 Å². The summed E-state index contributed by atoms with van der Waals surface area (Å²) in [6.07, 6.45) is 3.78. The van der Waals surface area contributed by atoms with E-state index in [0.717, 1.165) is 59.7 Å². The first-order valence-electron chi connectivity index (χ1n) is 10.5. The molecule has 0 saturated carbocycles. The van der Waals surface area contributed by atoms with Crippen molar-refractivity contribution in [1.29, 1.82) is 0 Å². The maximum Gasteiger partial charge on any atom is 0.246 e. The molecule has 1 N–H and O–H groups in total. The number of nitrogens with zero attached hydrogens (tertiary/aromatic N) is 6. The molecule has 31 heavy (non-hydrogen) atoms. The quantitative estimate of drug-likeness (QED) is 0.655. The highest BCUT2D eigenvalue weighted by Gasteiger charge is 2.27. The third-order valence-electron chi connectivity index (χ3n) is 6.06. The first-order valence-corrected chi connectivity index (χ1v) is 10.5. The Balaban J connectivity index is 1.40. The largest absolute Gasteiger partial charge is 0.493 e. The lowest BCUT2D eigenvalue weighted by Crippen LogP contribution is -2.49. The second-order valence-corrected chi connectivity index (χ2v) is 7.84. The summed E-state index contributed by atoms with van der Waals surface area (Å²) in [6, 6.07) is 9.64. The summed E-state index contributed by atoms with van der Waals surface area (Å²) in [5.74, 6) is 1.74. The van der Waals surface area contributed by atoms with Crippen LogP contribution in [0.3, 0.4) is 0 Å². The lowest BCUT2D eigenvalue weighted by atomic mass is 10.0. The minimum Gasteiger partial charge on any atom is -0.493 e. The molecule has 8 nitrogen and oxygen atoms in total. The van der Waals surface area contributed by atoms with Crippen LogP contribution in [0.25, 0.3) is 10.8 Å². The van der Waals surface area contributed by atoms with E-state index in [-0.39, 0.29) is 11.8 Å². The van der Waals surface area contributed by atoms with Crippen LogP contribution in [-0.4, -0.2) is 63.6 Å². The SMILES string of the molecule is C=CC(=O)N1CCN(c2ncnc3c2CCN(c2nc(O)cc4ccccc24)C3)CC1. The number of piperazine rings is 1. The number of pyridine rings is 1. The van der Waals surface area contributed by atoms with Gasteiger partial charge in [-0.2, -0.15) is 4.98 Å². The molecule has 2 aliphatic heterocycles. The minimum atomic E-state index is -0.0224. The average molecular weight is 416 g/mol. The number of carbonyl (C=O) groups is 1. The Bertz CT molecular complexity index is 1160. The zero-order valence-corrected chi connectivity index (χ0v) is 17.2. The van der Waals surface area contributed by atoms with Crippen LogP contribution in [0.4, 0.5) is 11.6 Å². The van der Waals surface area contributed by atoms with Gasteiger partial charge in [0.1, 0.15) is 18.0 Å². The van der Waals surface area contributed by atoms with Gasteiger partial charge in [-0.15, -0.1) is 0 Å². The van der Waals surface area contributed by atoms with Gasteiger partial charge in [0.05, 0.1) is 12.2 Å². The van der Waals surface area contributed by atoms with E-state index >= 15 is 0 Å². The normalized spacial score (nSPS) is 16.3. The van der Waals surface area contributed by atoms with Gasteiger partial charge in [0.15, 0.2) is 0 Å². The number of aromatic hydroxyl groups is 1. The van der Waals surface area contributed by atoms with Crippen LogP contribution in [0.2, 0.25) is 0 Å². The number of amides is 1. The molecule has 1 aromatic carbocycles. The zero-order valence-electron chi connectivity index (χ0n) is 17.2. The first kappa shape index (κ1) is 19.3. The summed E-state index contributed by atoms with van der Waals surface area (Å²) in [7, 11) is 0. The zero-order chi connectivity index (χ0) is 21.4. The molecular weight excluding hydrogens is 392 g/mol. The van der Waals surface area contributed by atoms with E-state index in [0.29, 0.717) is 19.6 Å². The van der Waals surface area contributed by atoms with Gasteiger partial charge >= 0.3 is 0 Å². The van der Waals surface area contributed by atoms with E-state index in [1.165, 1.54) is 6.08 Å². The molecule has 5 rings (SSSR count). The molecule has 158 valence electrons. The molecule has 1 amide bonds. The lowest BCUT2D eigenvalue weighted by Gasteiger charge is -2.37. The van der Waals surface area contributed by atoms with Crippen molar-refractivity contribution in [2.75, 3.05) is 42.5 Å². The Morgan fingerprint density at radius 1 is 1.03 bits per heavy atom. The van der Waals surface area contributed by atoms with Crippen LogP contribution in [0, 0.1) is 0 Å². The lowest BCUT2D eigenvalue weighted by molar-refractivity contribution is -0.126. The van der Waals surface area contributed by atoms with Crippen LogP contribution < -0.4 is 9.80 Å². The van der Waals surface area contributed by atoms with Crippen LogP contribution in [0.15, 0.2) is 49.3 Å².